The van der Waals surface area contributed by atoms with Gasteiger partial charge in [0.1, 0.15) is 12.1 Å². The van der Waals surface area contributed by atoms with E-state index in [9.17, 15) is 14.9 Å². The lowest BCUT2D eigenvalue weighted by molar-refractivity contribution is -0.383. The number of halogens is 1. The zero-order chi connectivity index (χ0) is 21.7. The molecular formula is C19H17ClN6O4. The number of benzene rings is 2. The van der Waals surface area contributed by atoms with Crippen molar-refractivity contribution in [1.82, 2.24) is 15.4 Å². The zero-order valence-electron chi connectivity index (χ0n) is 16.0. The van der Waals surface area contributed by atoms with Crippen LogP contribution in [0.3, 0.4) is 0 Å². The second kappa shape index (κ2) is 9.05. The second-order valence-electron chi connectivity index (χ2n) is 6.09. The Bertz CT molecular complexity index is 1090. The van der Waals surface area contributed by atoms with Crippen LogP contribution in [-0.4, -0.2) is 27.9 Å². The van der Waals surface area contributed by atoms with E-state index in [4.69, 9.17) is 16.3 Å². The molecule has 1 amide bonds. The fraction of sp³-hybridized carbons (Fsp3) is 0.105. The Kier molecular flexibility index (Phi) is 6.28. The van der Waals surface area contributed by atoms with Gasteiger partial charge < -0.3 is 10.1 Å². The third-order valence-electron chi connectivity index (χ3n) is 4.03. The number of methoxy groups -OCH3 is 1. The number of ether oxygens (including phenoxy) is 1. The molecule has 0 saturated carbocycles. The van der Waals surface area contributed by atoms with E-state index < -0.39 is 16.5 Å². The summed E-state index contributed by atoms with van der Waals surface area (Å²) in [4.78, 5) is 31.1. The van der Waals surface area contributed by atoms with Crippen LogP contribution < -0.4 is 20.9 Å². The first-order chi connectivity index (χ1) is 14.4. The molecule has 0 radical (unpaired) electrons. The Labute approximate surface area is 176 Å². The fourth-order valence-corrected chi connectivity index (χ4v) is 2.71. The van der Waals surface area contributed by atoms with E-state index in [1.165, 1.54) is 7.11 Å². The maximum Gasteiger partial charge on any atom is 0.355 e. The molecular weight excluding hydrogens is 412 g/mol. The van der Waals surface area contributed by atoms with Crippen LogP contribution in [0.4, 0.5) is 23.0 Å². The predicted molar refractivity (Wildman–Crippen MR) is 112 cm³/mol. The summed E-state index contributed by atoms with van der Waals surface area (Å²) in [6, 6.07) is 11.6. The molecule has 0 aliphatic rings. The third-order valence-corrected chi connectivity index (χ3v) is 4.26. The number of nitro groups is 1. The van der Waals surface area contributed by atoms with Gasteiger partial charge in [-0.3, -0.25) is 25.8 Å². The largest absolute Gasteiger partial charge is 0.495 e. The van der Waals surface area contributed by atoms with Gasteiger partial charge in [0.05, 0.1) is 17.7 Å². The van der Waals surface area contributed by atoms with E-state index >= 15 is 0 Å². The molecule has 1 aromatic heterocycles. The van der Waals surface area contributed by atoms with Gasteiger partial charge in [-0.25, -0.2) is 9.97 Å². The molecule has 11 heteroatoms. The number of amides is 1. The van der Waals surface area contributed by atoms with Crippen molar-refractivity contribution in [3.05, 3.63) is 75.1 Å². The topological polar surface area (TPSA) is 131 Å². The minimum atomic E-state index is -0.667. The summed E-state index contributed by atoms with van der Waals surface area (Å²) in [5.74, 6) is -0.370. The molecule has 154 valence electrons. The van der Waals surface area contributed by atoms with Gasteiger partial charge >= 0.3 is 5.69 Å². The number of hydrogen-bond donors (Lipinski definition) is 3. The Morgan fingerprint density at radius 1 is 1.13 bits per heavy atom. The number of hydrogen-bond acceptors (Lipinski definition) is 8. The SMILES string of the molecule is COc1ccc(Cl)cc1Nc1ncnc(NNC(=O)c2ccc(C)cc2)c1[N+](=O)[O-]. The van der Waals surface area contributed by atoms with Gasteiger partial charge in [0.15, 0.2) is 0 Å². The van der Waals surface area contributed by atoms with Crippen LogP contribution in [-0.2, 0) is 0 Å². The summed E-state index contributed by atoms with van der Waals surface area (Å²) in [7, 11) is 1.45. The van der Waals surface area contributed by atoms with Crippen LogP contribution in [0.25, 0.3) is 0 Å². The molecule has 30 heavy (non-hydrogen) atoms. The minimum Gasteiger partial charge on any atom is -0.495 e. The summed E-state index contributed by atoms with van der Waals surface area (Å²) in [5.41, 5.74) is 6.17. The molecule has 0 fully saturated rings. The van der Waals surface area contributed by atoms with E-state index in [1.807, 2.05) is 6.92 Å². The van der Waals surface area contributed by atoms with Gasteiger partial charge in [-0.05, 0) is 37.3 Å². The second-order valence-corrected chi connectivity index (χ2v) is 6.53. The molecule has 3 N–H and O–H groups in total. The van der Waals surface area contributed by atoms with Crippen molar-refractivity contribution in [3.63, 3.8) is 0 Å². The summed E-state index contributed by atoms with van der Waals surface area (Å²) in [6.07, 6.45) is 1.12. The lowest BCUT2D eigenvalue weighted by atomic mass is 10.1. The first-order valence-corrected chi connectivity index (χ1v) is 9.00. The van der Waals surface area contributed by atoms with Gasteiger partial charge in [0, 0.05) is 10.6 Å². The van der Waals surface area contributed by atoms with E-state index in [2.05, 4.69) is 26.1 Å². The van der Waals surface area contributed by atoms with E-state index in [1.54, 1.807) is 42.5 Å². The average molecular weight is 429 g/mol. The number of anilines is 3. The van der Waals surface area contributed by atoms with Gasteiger partial charge in [0.25, 0.3) is 5.91 Å². The number of carbonyl (C=O) groups is 1. The Hall–Kier alpha value is -3.92. The average Bonchev–Trinajstić information content (AvgIpc) is 2.72. The molecule has 0 aliphatic carbocycles. The van der Waals surface area contributed by atoms with Crippen molar-refractivity contribution >= 4 is 40.5 Å². The Morgan fingerprint density at radius 3 is 2.50 bits per heavy atom. The molecule has 2 aromatic carbocycles. The van der Waals surface area contributed by atoms with Gasteiger partial charge in [-0.1, -0.05) is 29.3 Å². The third kappa shape index (κ3) is 4.73. The molecule has 1 heterocycles. The standard InChI is InChI=1S/C19H17ClN6O4/c1-11-3-5-12(6-4-11)19(27)25-24-18-16(26(28)29)17(21-10-22-18)23-14-9-13(20)7-8-15(14)30-2/h3-10H,1-2H3,(H,25,27)(H2,21,22,23,24). The van der Waals surface area contributed by atoms with Gasteiger partial charge in [-0.15, -0.1) is 0 Å². The van der Waals surface area contributed by atoms with E-state index in [0.717, 1.165) is 11.9 Å². The van der Waals surface area contributed by atoms with Gasteiger partial charge in [0.2, 0.25) is 11.6 Å². The smallest absolute Gasteiger partial charge is 0.355 e. The number of aryl methyl sites for hydroxylation is 1. The quantitative estimate of drug-likeness (QED) is 0.382. The van der Waals surface area contributed by atoms with Crippen LogP contribution >= 0.6 is 11.6 Å². The molecule has 3 rings (SSSR count). The van der Waals surface area contributed by atoms with Crippen molar-refractivity contribution < 1.29 is 14.5 Å². The molecule has 0 unspecified atom stereocenters. The van der Waals surface area contributed by atoms with E-state index in [-0.39, 0.29) is 11.6 Å². The normalized spacial score (nSPS) is 10.2. The van der Waals surface area contributed by atoms with Crippen molar-refractivity contribution in [2.75, 3.05) is 17.9 Å². The lowest BCUT2D eigenvalue weighted by Crippen LogP contribution is -2.30. The summed E-state index contributed by atoms with van der Waals surface area (Å²) < 4.78 is 5.23. The Balaban J connectivity index is 1.86. The van der Waals surface area contributed by atoms with Crippen molar-refractivity contribution in [2.24, 2.45) is 0 Å². The van der Waals surface area contributed by atoms with Crippen LogP contribution in [0.5, 0.6) is 5.75 Å². The number of hydrazine groups is 1. The molecule has 10 nitrogen and oxygen atoms in total. The number of aromatic nitrogens is 2. The zero-order valence-corrected chi connectivity index (χ0v) is 16.7. The predicted octanol–water partition coefficient (Wildman–Crippen LogP) is 3.86. The minimum absolute atomic E-state index is 0.109. The molecule has 0 atom stereocenters. The summed E-state index contributed by atoms with van der Waals surface area (Å²) in [5, 5.41) is 14.9. The van der Waals surface area contributed by atoms with Crippen LogP contribution in [0, 0.1) is 17.0 Å². The molecule has 0 aliphatic heterocycles. The summed E-state index contributed by atoms with van der Waals surface area (Å²) in [6.45, 7) is 1.90. The molecule has 0 spiro atoms. The van der Waals surface area contributed by atoms with Crippen molar-refractivity contribution in [2.45, 2.75) is 6.92 Å². The maximum atomic E-state index is 12.3. The number of nitrogens with zero attached hydrogens (tertiary/aromatic N) is 3. The van der Waals surface area contributed by atoms with E-state index in [0.29, 0.717) is 22.0 Å². The van der Waals surface area contributed by atoms with Crippen molar-refractivity contribution in [1.29, 1.82) is 0 Å². The summed E-state index contributed by atoms with van der Waals surface area (Å²) >= 11 is 6.00. The number of rotatable bonds is 7. The monoisotopic (exact) mass is 428 g/mol. The van der Waals surface area contributed by atoms with Gasteiger partial charge in [-0.2, -0.15) is 0 Å². The fourth-order valence-electron chi connectivity index (χ4n) is 2.53. The van der Waals surface area contributed by atoms with Crippen LogP contribution in [0.15, 0.2) is 48.8 Å². The van der Waals surface area contributed by atoms with Crippen LogP contribution in [0.1, 0.15) is 15.9 Å². The first-order valence-electron chi connectivity index (χ1n) is 8.62. The lowest BCUT2D eigenvalue weighted by Gasteiger charge is -2.13. The van der Waals surface area contributed by atoms with Crippen molar-refractivity contribution in [3.8, 4) is 5.75 Å². The van der Waals surface area contributed by atoms with Crippen LogP contribution in [0.2, 0.25) is 5.02 Å². The molecule has 0 saturated heterocycles. The highest BCUT2D eigenvalue weighted by atomic mass is 35.5. The highest BCUT2D eigenvalue weighted by molar-refractivity contribution is 6.31. The number of carbonyl (C=O) groups excluding carboxylic acids is 1. The Morgan fingerprint density at radius 2 is 1.83 bits per heavy atom. The maximum absolute atomic E-state index is 12.3. The number of nitrogens with one attached hydrogen (secondary N) is 3. The molecule has 0 bridgehead atoms. The highest BCUT2D eigenvalue weighted by Gasteiger charge is 2.24. The molecule has 3 aromatic rings. The highest BCUT2D eigenvalue weighted by Crippen LogP contribution is 2.35. The first kappa shape index (κ1) is 20.8.